The van der Waals surface area contributed by atoms with Crippen LogP contribution >= 0.6 is 11.3 Å². The van der Waals surface area contributed by atoms with Gasteiger partial charge in [0.2, 0.25) is 0 Å². The maximum absolute atomic E-state index is 11.5. The van der Waals surface area contributed by atoms with Crippen molar-refractivity contribution in [2.24, 2.45) is 0 Å². The van der Waals surface area contributed by atoms with E-state index >= 15 is 0 Å². The van der Waals surface area contributed by atoms with Crippen LogP contribution in [-0.4, -0.2) is 48.5 Å². The molecule has 0 unspecified atom stereocenters. The Morgan fingerprint density at radius 3 is 2.37 bits per heavy atom. The summed E-state index contributed by atoms with van der Waals surface area (Å²) in [5, 5.41) is 3.22. The van der Waals surface area contributed by atoms with E-state index < -0.39 is 0 Å². The molecule has 0 bridgehead atoms. The van der Waals surface area contributed by atoms with Gasteiger partial charge in [-0.2, -0.15) is 0 Å². The second-order valence-corrected chi connectivity index (χ2v) is 8.33. The molecule has 156 valence electrons. The Morgan fingerprint density at radius 2 is 1.73 bits per heavy atom. The molecule has 0 saturated carbocycles. The molecular formula is C24H27N3O2S. The number of hydrogen-bond donors (Lipinski definition) is 0. The molecule has 1 aliphatic rings. The smallest absolute Gasteiger partial charge is 0.159 e. The zero-order chi connectivity index (χ0) is 20.9. The van der Waals surface area contributed by atoms with Crippen LogP contribution in [0.25, 0.3) is 10.6 Å². The number of Topliss-reactive ketones (excluding diaryl/α,β-unsaturated/α-hetero) is 1. The third-order valence-corrected chi connectivity index (χ3v) is 6.30. The summed E-state index contributed by atoms with van der Waals surface area (Å²) in [7, 11) is 0. The van der Waals surface area contributed by atoms with E-state index in [-0.39, 0.29) is 5.78 Å². The average Bonchev–Trinajstić information content (AvgIpc) is 3.23. The molecule has 3 aromatic rings. The van der Waals surface area contributed by atoms with Crippen LogP contribution in [0.3, 0.4) is 0 Å². The van der Waals surface area contributed by atoms with Crippen LogP contribution < -0.4 is 9.64 Å². The first-order valence-corrected chi connectivity index (χ1v) is 11.3. The summed E-state index contributed by atoms with van der Waals surface area (Å²) in [6.07, 6.45) is 0. The standard InChI is InChI=1S/C24H27N3O2S/c1-3-29-23-10-6-20(7-11-23)24-25-21(17-30-24)16-26-12-14-27(15-13-26)22-8-4-19(5-9-22)18(2)28/h4-11,17H,3,12-16H2,1-2H3. The van der Waals surface area contributed by atoms with Gasteiger partial charge in [-0.1, -0.05) is 0 Å². The minimum absolute atomic E-state index is 0.110. The van der Waals surface area contributed by atoms with Gasteiger partial charge in [-0.3, -0.25) is 9.69 Å². The molecule has 0 N–H and O–H groups in total. The molecule has 1 aromatic heterocycles. The molecule has 1 fully saturated rings. The summed E-state index contributed by atoms with van der Waals surface area (Å²) in [6.45, 7) is 9.13. The Balaban J connectivity index is 1.31. The molecule has 2 aromatic carbocycles. The van der Waals surface area contributed by atoms with Crippen LogP contribution in [0.15, 0.2) is 53.9 Å². The van der Waals surface area contributed by atoms with E-state index in [0.717, 1.165) is 60.3 Å². The number of carbonyl (C=O) groups excluding carboxylic acids is 1. The minimum Gasteiger partial charge on any atom is -0.494 e. The van der Waals surface area contributed by atoms with E-state index in [2.05, 4.69) is 39.4 Å². The fourth-order valence-corrected chi connectivity index (χ4v) is 4.49. The second kappa shape index (κ2) is 9.41. The highest BCUT2D eigenvalue weighted by molar-refractivity contribution is 7.13. The average molecular weight is 422 g/mol. The van der Waals surface area contributed by atoms with Crippen molar-refractivity contribution in [2.45, 2.75) is 20.4 Å². The van der Waals surface area contributed by atoms with Crippen molar-refractivity contribution in [3.63, 3.8) is 0 Å². The van der Waals surface area contributed by atoms with Gasteiger partial charge < -0.3 is 9.64 Å². The first-order valence-electron chi connectivity index (χ1n) is 10.4. The molecule has 4 rings (SSSR count). The Hall–Kier alpha value is -2.70. The van der Waals surface area contributed by atoms with Crippen molar-refractivity contribution in [3.8, 4) is 16.3 Å². The molecule has 0 amide bonds. The van der Waals surface area contributed by atoms with Gasteiger partial charge in [0.25, 0.3) is 0 Å². The number of piperazine rings is 1. The van der Waals surface area contributed by atoms with E-state index in [1.807, 2.05) is 31.2 Å². The minimum atomic E-state index is 0.110. The Kier molecular flexibility index (Phi) is 6.45. The summed E-state index contributed by atoms with van der Waals surface area (Å²) >= 11 is 1.69. The molecule has 0 radical (unpaired) electrons. The van der Waals surface area contributed by atoms with Crippen LogP contribution in [0.2, 0.25) is 0 Å². The van der Waals surface area contributed by atoms with Gasteiger partial charge in [0.05, 0.1) is 12.3 Å². The normalized spacial score (nSPS) is 14.7. The largest absolute Gasteiger partial charge is 0.494 e. The highest BCUT2D eigenvalue weighted by atomic mass is 32.1. The van der Waals surface area contributed by atoms with Crippen molar-refractivity contribution in [2.75, 3.05) is 37.7 Å². The number of ether oxygens (including phenoxy) is 1. The number of anilines is 1. The van der Waals surface area contributed by atoms with Gasteiger partial charge in [-0.05, 0) is 62.4 Å². The van der Waals surface area contributed by atoms with E-state index in [9.17, 15) is 4.79 Å². The van der Waals surface area contributed by atoms with E-state index in [0.29, 0.717) is 6.61 Å². The van der Waals surface area contributed by atoms with Gasteiger partial charge in [0.15, 0.2) is 5.78 Å². The van der Waals surface area contributed by atoms with Crippen molar-refractivity contribution in [3.05, 3.63) is 65.2 Å². The molecule has 1 aliphatic heterocycles. The van der Waals surface area contributed by atoms with Gasteiger partial charge in [0.1, 0.15) is 10.8 Å². The van der Waals surface area contributed by atoms with Crippen molar-refractivity contribution >= 4 is 22.8 Å². The van der Waals surface area contributed by atoms with Gasteiger partial charge >= 0.3 is 0 Å². The van der Waals surface area contributed by atoms with Crippen molar-refractivity contribution in [1.29, 1.82) is 0 Å². The Morgan fingerprint density at radius 1 is 1.03 bits per heavy atom. The number of carbonyl (C=O) groups is 1. The van der Waals surface area contributed by atoms with E-state index in [1.165, 1.54) is 5.69 Å². The Labute approximate surface area is 181 Å². The summed E-state index contributed by atoms with van der Waals surface area (Å²) in [4.78, 5) is 21.1. The topological polar surface area (TPSA) is 45.7 Å². The van der Waals surface area contributed by atoms with Gasteiger partial charge in [-0.15, -0.1) is 11.3 Å². The quantitative estimate of drug-likeness (QED) is 0.516. The van der Waals surface area contributed by atoms with E-state index in [4.69, 9.17) is 9.72 Å². The molecule has 1 saturated heterocycles. The highest BCUT2D eigenvalue weighted by Crippen LogP contribution is 2.26. The summed E-state index contributed by atoms with van der Waals surface area (Å²) in [5.74, 6) is 1.01. The number of ketones is 1. The number of rotatable bonds is 7. The second-order valence-electron chi connectivity index (χ2n) is 7.47. The van der Waals surface area contributed by atoms with Crippen molar-refractivity contribution in [1.82, 2.24) is 9.88 Å². The number of nitrogens with zero attached hydrogens (tertiary/aromatic N) is 3. The maximum Gasteiger partial charge on any atom is 0.159 e. The van der Waals surface area contributed by atoms with Crippen LogP contribution in [0, 0.1) is 0 Å². The fourth-order valence-electron chi connectivity index (χ4n) is 3.67. The summed E-state index contributed by atoms with van der Waals surface area (Å²) in [6, 6.07) is 16.1. The SMILES string of the molecule is CCOc1ccc(-c2nc(CN3CCN(c4ccc(C(C)=O)cc4)CC3)cs2)cc1. The van der Waals surface area contributed by atoms with Crippen molar-refractivity contribution < 1.29 is 9.53 Å². The first kappa shape index (κ1) is 20.6. The number of aromatic nitrogens is 1. The predicted molar refractivity (Wildman–Crippen MR) is 123 cm³/mol. The van der Waals surface area contributed by atoms with Crippen LogP contribution in [0.4, 0.5) is 5.69 Å². The maximum atomic E-state index is 11.5. The van der Waals surface area contributed by atoms with E-state index in [1.54, 1.807) is 18.3 Å². The summed E-state index contributed by atoms with van der Waals surface area (Å²) < 4.78 is 5.52. The molecule has 30 heavy (non-hydrogen) atoms. The third-order valence-electron chi connectivity index (χ3n) is 5.36. The number of thiazole rings is 1. The first-order chi connectivity index (χ1) is 14.6. The fraction of sp³-hybridized carbons (Fsp3) is 0.333. The molecule has 2 heterocycles. The number of benzene rings is 2. The molecular weight excluding hydrogens is 394 g/mol. The summed E-state index contributed by atoms with van der Waals surface area (Å²) in [5.41, 5.74) is 4.21. The predicted octanol–water partition coefficient (Wildman–Crippen LogP) is 4.73. The monoisotopic (exact) mass is 421 g/mol. The lowest BCUT2D eigenvalue weighted by molar-refractivity contribution is 0.101. The molecule has 5 nitrogen and oxygen atoms in total. The molecule has 0 atom stereocenters. The lowest BCUT2D eigenvalue weighted by atomic mass is 10.1. The highest BCUT2D eigenvalue weighted by Gasteiger charge is 2.18. The van der Waals surface area contributed by atoms with Gasteiger partial charge in [0, 0.05) is 54.9 Å². The number of hydrogen-bond acceptors (Lipinski definition) is 6. The molecule has 0 spiro atoms. The lowest BCUT2D eigenvalue weighted by Gasteiger charge is -2.35. The zero-order valence-electron chi connectivity index (χ0n) is 17.5. The lowest BCUT2D eigenvalue weighted by Crippen LogP contribution is -2.46. The van der Waals surface area contributed by atoms with Crippen LogP contribution in [0.1, 0.15) is 29.9 Å². The van der Waals surface area contributed by atoms with Crippen LogP contribution in [0.5, 0.6) is 5.75 Å². The van der Waals surface area contributed by atoms with Crippen LogP contribution in [-0.2, 0) is 6.54 Å². The molecule has 0 aliphatic carbocycles. The third kappa shape index (κ3) is 4.89. The molecule has 6 heteroatoms. The van der Waals surface area contributed by atoms with Gasteiger partial charge in [-0.25, -0.2) is 4.98 Å². The zero-order valence-corrected chi connectivity index (χ0v) is 18.3. The Bertz CT molecular complexity index is 974.